The molecule has 0 N–H and O–H groups in total. The molecule has 0 spiro atoms. The number of allylic oxidation sites excluding steroid dienone is 1. The first-order valence-electron chi connectivity index (χ1n) is 4.16. The fraction of sp³-hybridized carbons (Fsp3) is 0.778. The first kappa shape index (κ1) is 10.9. The summed E-state index contributed by atoms with van der Waals surface area (Å²) in [6, 6.07) is 1.07. The zero-order valence-corrected chi connectivity index (χ0v) is 9.40. The predicted octanol–water partition coefficient (Wildman–Crippen LogP) is 3.19. The molecular weight excluding hydrogens is 152 g/mol. The normalized spacial score (nSPS) is 12.2. The number of rotatable bonds is 4. The molecule has 0 saturated carbocycles. The lowest BCUT2D eigenvalue weighted by atomic mass is 10.4. The summed E-state index contributed by atoms with van der Waals surface area (Å²) < 4.78 is 5.83. The van der Waals surface area contributed by atoms with E-state index in [4.69, 9.17) is 4.43 Å². The molecule has 0 bridgehead atoms. The van der Waals surface area contributed by atoms with Gasteiger partial charge < -0.3 is 4.43 Å². The van der Waals surface area contributed by atoms with Crippen LogP contribution >= 0.6 is 0 Å². The topological polar surface area (TPSA) is 9.23 Å². The summed E-state index contributed by atoms with van der Waals surface area (Å²) in [5.41, 5.74) is 1.24. The minimum absolute atomic E-state index is 0.357. The lowest BCUT2D eigenvalue weighted by Crippen LogP contribution is -2.33. The summed E-state index contributed by atoms with van der Waals surface area (Å²) in [5, 5.41) is 0. The molecule has 0 aliphatic heterocycles. The van der Waals surface area contributed by atoms with E-state index in [1.165, 1.54) is 5.57 Å². The van der Waals surface area contributed by atoms with Crippen LogP contribution in [0.25, 0.3) is 0 Å². The van der Waals surface area contributed by atoms with Gasteiger partial charge in [0, 0.05) is 6.10 Å². The summed E-state index contributed by atoms with van der Waals surface area (Å²) in [7, 11) is -1.43. The van der Waals surface area contributed by atoms with Gasteiger partial charge >= 0.3 is 0 Å². The molecule has 11 heavy (non-hydrogen) atoms. The smallest absolute Gasteiger partial charge is 0.191 e. The third kappa shape index (κ3) is 6.32. The van der Waals surface area contributed by atoms with Gasteiger partial charge in [0.2, 0.25) is 0 Å². The quantitative estimate of drug-likeness (QED) is 0.467. The standard InChI is InChI=1S/C9H20OSi/c1-8(2)7-11(5,6)10-9(3)4/h9H,1,7H2,2-6H3. The van der Waals surface area contributed by atoms with Crippen LogP contribution in [0, 0.1) is 0 Å². The van der Waals surface area contributed by atoms with Gasteiger partial charge in [0.15, 0.2) is 8.32 Å². The average Bonchev–Trinajstić information content (AvgIpc) is 1.53. The van der Waals surface area contributed by atoms with Crippen molar-refractivity contribution in [2.24, 2.45) is 0 Å². The van der Waals surface area contributed by atoms with E-state index in [0.29, 0.717) is 6.10 Å². The fourth-order valence-electron chi connectivity index (χ4n) is 1.41. The van der Waals surface area contributed by atoms with Gasteiger partial charge in [-0.1, -0.05) is 5.57 Å². The Kier molecular flexibility index (Phi) is 4.04. The Hall–Kier alpha value is -0.0831. The third-order valence-electron chi connectivity index (χ3n) is 1.28. The van der Waals surface area contributed by atoms with Gasteiger partial charge in [-0.25, -0.2) is 0 Å². The maximum atomic E-state index is 5.83. The van der Waals surface area contributed by atoms with Crippen molar-refractivity contribution >= 4 is 8.32 Å². The highest BCUT2D eigenvalue weighted by molar-refractivity contribution is 6.71. The summed E-state index contributed by atoms with van der Waals surface area (Å²) in [4.78, 5) is 0. The van der Waals surface area contributed by atoms with Crippen LogP contribution in [0.1, 0.15) is 20.8 Å². The summed E-state index contributed by atoms with van der Waals surface area (Å²) in [6.07, 6.45) is 0.357. The van der Waals surface area contributed by atoms with Gasteiger partial charge in [-0.15, -0.1) is 6.58 Å². The minimum Gasteiger partial charge on any atom is -0.415 e. The third-order valence-corrected chi connectivity index (χ3v) is 3.85. The van der Waals surface area contributed by atoms with Gasteiger partial charge in [-0.3, -0.25) is 0 Å². The Labute approximate surface area is 71.6 Å². The molecule has 0 fully saturated rings. The van der Waals surface area contributed by atoms with Crippen molar-refractivity contribution in [3.05, 3.63) is 12.2 Å². The van der Waals surface area contributed by atoms with Crippen LogP contribution in [-0.4, -0.2) is 14.4 Å². The molecule has 1 nitrogen and oxygen atoms in total. The van der Waals surface area contributed by atoms with Crippen LogP contribution in [-0.2, 0) is 4.43 Å². The van der Waals surface area contributed by atoms with E-state index in [-0.39, 0.29) is 0 Å². The highest BCUT2D eigenvalue weighted by Crippen LogP contribution is 2.17. The predicted molar refractivity (Wildman–Crippen MR) is 53.3 cm³/mol. The van der Waals surface area contributed by atoms with Gasteiger partial charge in [0.05, 0.1) is 0 Å². The molecule has 0 saturated heterocycles. The van der Waals surface area contributed by atoms with E-state index in [1.807, 2.05) is 0 Å². The number of hydrogen-bond donors (Lipinski definition) is 0. The lowest BCUT2D eigenvalue weighted by Gasteiger charge is -2.25. The molecule has 0 radical (unpaired) electrons. The molecular formula is C9H20OSi. The maximum absolute atomic E-state index is 5.83. The molecule has 0 heterocycles. The molecule has 0 unspecified atom stereocenters. The molecule has 0 aromatic carbocycles. The molecule has 0 aromatic heterocycles. The van der Waals surface area contributed by atoms with Crippen molar-refractivity contribution in [2.75, 3.05) is 0 Å². The molecule has 0 aliphatic carbocycles. The van der Waals surface area contributed by atoms with E-state index in [1.54, 1.807) is 0 Å². The Morgan fingerprint density at radius 3 is 2.18 bits per heavy atom. The maximum Gasteiger partial charge on any atom is 0.191 e. The molecule has 66 valence electrons. The van der Waals surface area contributed by atoms with Crippen LogP contribution in [0.4, 0.5) is 0 Å². The SMILES string of the molecule is C=C(C)C[Si](C)(C)OC(C)C. The monoisotopic (exact) mass is 172 g/mol. The van der Waals surface area contributed by atoms with E-state index in [2.05, 4.69) is 40.4 Å². The van der Waals surface area contributed by atoms with E-state index >= 15 is 0 Å². The molecule has 0 aromatic rings. The highest BCUT2D eigenvalue weighted by atomic mass is 28.4. The van der Waals surface area contributed by atoms with E-state index in [9.17, 15) is 0 Å². The van der Waals surface area contributed by atoms with Crippen molar-refractivity contribution in [1.82, 2.24) is 0 Å². The first-order valence-corrected chi connectivity index (χ1v) is 7.27. The van der Waals surface area contributed by atoms with Crippen molar-refractivity contribution in [3.8, 4) is 0 Å². The van der Waals surface area contributed by atoms with Crippen LogP contribution < -0.4 is 0 Å². The Bertz CT molecular complexity index is 138. The van der Waals surface area contributed by atoms with Crippen LogP contribution in [0.15, 0.2) is 12.2 Å². The van der Waals surface area contributed by atoms with Gasteiger partial charge in [0.25, 0.3) is 0 Å². The fourth-order valence-corrected chi connectivity index (χ4v) is 4.22. The highest BCUT2D eigenvalue weighted by Gasteiger charge is 2.23. The van der Waals surface area contributed by atoms with Crippen molar-refractivity contribution in [3.63, 3.8) is 0 Å². The zero-order chi connectivity index (χ0) is 9.07. The van der Waals surface area contributed by atoms with Gasteiger partial charge in [0.1, 0.15) is 0 Å². The average molecular weight is 172 g/mol. The van der Waals surface area contributed by atoms with Crippen LogP contribution in [0.5, 0.6) is 0 Å². The molecule has 0 aliphatic rings. The van der Waals surface area contributed by atoms with E-state index < -0.39 is 8.32 Å². The van der Waals surface area contributed by atoms with Crippen LogP contribution in [0.3, 0.4) is 0 Å². The molecule has 0 amide bonds. The van der Waals surface area contributed by atoms with Gasteiger partial charge in [-0.05, 0) is 39.9 Å². The number of hydrogen-bond acceptors (Lipinski definition) is 1. The second-order valence-corrected chi connectivity index (χ2v) is 8.17. The van der Waals surface area contributed by atoms with Crippen molar-refractivity contribution in [2.45, 2.75) is 46.0 Å². The largest absolute Gasteiger partial charge is 0.415 e. The van der Waals surface area contributed by atoms with Gasteiger partial charge in [-0.2, -0.15) is 0 Å². The Morgan fingerprint density at radius 1 is 1.45 bits per heavy atom. The summed E-state index contributed by atoms with van der Waals surface area (Å²) in [5.74, 6) is 0. The second-order valence-electron chi connectivity index (χ2n) is 4.06. The molecule has 0 rings (SSSR count). The van der Waals surface area contributed by atoms with Crippen molar-refractivity contribution < 1.29 is 4.43 Å². The molecule has 0 atom stereocenters. The van der Waals surface area contributed by atoms with Crippen molar-refractivity contribution in [1.29, 1.82) is 0 Å². The second kappa shape index (κ2) is 4.07. The zero-order valence-electron chi connectivity index (χ0n) is 8.40. The summed E-state index contributed by atoms with van der Waals surface area (Å²) in [6.45, 7) is 14.6. The Morgan fingerprint density at radius 2 is 1.91 bits per heavy atom. The van der Waals surface area contributed by atoms with E-state index in [0.717, 1.165) is 6.04 Å². The molecule has 2 heteroatoms. The Balaban J connectivity index is 3.89. The lowest BCUT2D eigenvalue weighted by molar-refractivity contribution is 0.232. The minimum atomic E-state index is -1.43. The summed E-state index contributed by atoms with van der Waals surface area (Å²) >= 11 is 0. The first-order chi connectivity index (χ1) is 4.83. The van der Waals surface area contributed by atoms with Crippen LogP contribution in [0.2, 0.25) is 19.1 Å².